The fourth-order valence-corrected chi connectivity index (χ4v) is 1.70. The molecule has 0 aliphatic heterocycles. The van der Waals surface area contributed by atoms with E-state index in [1.54, 1.807) is 0 Å². The van der Waals surface area contributed by atoms with Gasteiger partial charge in [0.15, 0.2) is 5.84 Å². The number of nitrogens with zero attached hydrogens (tertiary/aromatic N) is 1. The monoisotopic (exact) mass is 327 g/mol. The minimum atomic E-state index is 0. The third kappa shape index (κ3) is 5.94. The summed E-state index contributed by atoms with van der Waals surface area (Å²) in [4.78, 5) is 4.64. The van der Waals surface area contributed by atoms with Gasteiger partial charge in [-0.1, -0.05) is 47.6 Å². The number of oxime groups is 1. The number of hydrogen-bond acceptors (Lipinski definition) is 3. The number of amidine groups is 1. The third-order valence-corrected chi connectivity index (χ3v) is 2.71. The maximum atomic E-state index is 5.73. The summed E-state index contributed by atoms with van der Waals surface area (Å²) in [7, 11) is 1.48. The molecule has 0 spiro atoms. The van der Waals surface area contributed by atoms with Gasteiger partial charge in [0.1, 0.15) is 7.11 Å². The first kappa shape index (κ1) is 19.1. The molecular formula is C15H19Cl2N3O. The molecule has 0 aliphatic rings. The molecule has 21 heavy (non-hydrogen) atoms. The van der Waals surface area contributed by atoms with E-state index in [1.165, 1.54) is 12.7 Å². The van der Waals surface area contributed by atoms with Crippen molar-refractivity contribution in [3.63, 3.8) is 0 Å². The van der Waals surface area contributed by atoms with Crippen molar-refractivity contribution in [3.8, 4) is 0 Å². The van der Waals surface area contributed by atoms with E-state index in [0.717, 1.165) is 17.8 Å². The van der Waals surface area contributed by atoms with Gasteiger partial charge in [-0.15, -0.1) is 24.8 Å². The van der Waals surface area contributed by atoms with Crippen LogP contribution in [0, 0.1) is 0 Å². The summed E-state index contributed by atoms with van der Waals surface area (Å²) in [5.41, 5.74) is 8.86. The van der Waals surface area contributed by atoms with Crippen LogP contribution in [0.5, 0.6) is 0 Å². The fourth-order valence-electron chi connectivity index (χ4n) is 1.70. The van der Waals surface area contributed by atoms with Crippen molar-refractivity contribution < 1.29 is 4.84 Å². The second-order valence-corrected chi connectivity index (χ2v) is 4.08. The van der Waals surface area contributed by atoms with Crippen LogP contribution >= 0.6 is 24.8 Å². The number of halogens is 2. The molecule has 0 unspecified atom stereocenters. The number of benzene rings is 2. The van der Waals surface area contributed by atoms with Gasteiger partial charge in [0.2, 0.25) is 0 Å². The van der Waals surface area contributed by atoms with Gasteiger partial charge in [0.25, 0.3) is 0 Å². The second kappa shape index (κ2) is 9.91. The number of nitrogens with one attached hydrogen (secondary N) is 1. The Labute approximate surface area is 137 Å². The Morgan fingerprint density at radius 3 is 2.24 bits per heavy atom. The van der Waals surface area contributed by atoms with E-state index >= 15 is 0 Å². The minimum Gasteiger partial charge on any atom is -0.397 e. The molecule has 0 heterocycles. The molecule has 2 rings (SSSR count). The predicted molar refractivity (Wildman–Crippen MR) is 92.4 cm³/mol. The molecule has 0 fully saturated rings. The minimum absolute atomic E-state index is 0. The van der Waals surface area contributed by atoms with E-state index in [2.05, 4.69) is 15.3 Å². The smallest absolute Gasteiger partial charge is 0.170 e. The molecule has 4 nitrogen and oxygen atoms in total. The van der Waals surface area contributed by atoms with Crippen molar-refractivity contribution in [2.45, 2.75) is 6.54 Å². The third-order valence-electron chi connectivity index (χ3n) is 2.71. The maximum absolute atomic E-state index is 5.73. The first-order valence-corrected chi connectivity index (χ1v) is 6.04. The van der Waals surface area contributed by atoms with Crippen molar-refractivity contribution in [1.29, 1.82) is 0 Å². The zero-order chi connectivity index (χ0) is 13.5. The van der Waals surface area contributed by atoms with Gasteiger partial charge >= 0.3 is 0 Å². The summed E-state index contributed by atoms with van der Waals surface area (Å²) in [6.07, 6.45) is 0. The van der Waals surface area contributed by atoms with Crippen LogP contribution in [-0.4, -0.2) is 12.9 Å². The summed E-state index contributed by atoms with van der Waals surface area (Å²) >= 11 is 0. The molecule has 2 aromatic carbocycles. The molecule has 3 N–H and O–H groups in total. The van der Waals surface area contributed by atoms with Crippen LogP contribution in [-0.2, 0) is 11.4 Å². The molecule has 0 radical (unpaired) electrons. The fraction of sp³-hybridized carbons (Fsp3) is 0.133. The Kier molecular flexibility index (Phi) is 9.01. The van der Waals surface area contributed by atoms with Gasteiger partial charge in [-0.3, -0.25) is 0 Å². The van der Waals surface area contributed by atoms with E-state index in [4.69, 9.17) is 5.73 Å². The first-order valence-electron chi connectivity index (χ1n) is 6.04. The summed E-state index contributed by atoms with van der Waals surface area (Å²) in [6, 6.07) is 18.0. The van der Waals surface area contributed by atoms with E-state index in [9.17, 15) is 0 Å². The highest BCUT2D eigenvalue weighted by Crippen LogP contribution is 2.09. The topological polar surface area (TPSA) is 59.6 Å². The highest BCUT2D eigenvalue weighted by Gasteiger charge is 1.99. The van der Waals surface area contributed by atoms with Crippen molar-refractivity contribution in [2.24, 2.45) is 10.9 Å². The Balaban J connectivity index is 0.00000200. The Morgan fingerprint density at radius 2 is 1.67 bits per heavy atom. The van der Waals surface area contributed by atoms with Crippen LogP contribution < -0.4 is 11.1 Å². The van der Waals surface area contributed by atoms with Crippen LogP contribution in [0.4, 0.5) is 5.69 Å². The van der Waals surface area contributed by atoms with Gasteiger partial charge < -0.3 is 15.9 Å². The standard InChI is InChI=1S/C15H17N3O.2ClH/c1-19-18-15(16)13-9-7-12(8-10-13)11-17-14-5-3-2-4-6-14;;/h2-10,17H,11H2,1H3,(H2,16,18);2*1H. The Hall–Kier alpha value is -1.91. The van der Waals surface area contributed by atoms with Crippen LogP contribution in [0.15, 0.2) is 59.8 Å². The molecule has 0 bridgehead atoms. The van der Waals surface area contributed by atoms with Crippen LogP contribution in [0.3, 0.4) is 0 Å². The lowest BCUT2D eigenvalue weighted by Gasteiger charge is -2.07. The quantitative estimate of drug-likeness (QED) is 0.502. The SMILES string of the molecule is CON=C(N)c1ccc(CNc2ccccc2)cc1.Cl.Cl. The van der Waals surface area contributed by atoms with Crippen LogP contribution in [0.25, 0.3) is 0 Å². The van der Waals surface area contributed by atoms with E-state index in [0.29, 0.717) is 5.84 Å². The lowest BCUT2D eigenvalue weighted by atomic mass is 10.1. The predicted octanol–water partition coefficient (Wildman–Crippen LogP) is 3.41. The van der Waals surface area contributed by atoms with Crippen molar-refractivity contribution in [3.05, 3.63) is 65.7 Å². The molecule has 0 saturated carbocycles. The van der Waals surface area contributed by atoms with Gasteiger partial charge in [-0.25, -0.2) is 0 Å². The highest BCUT2D eigenvalue weighted by molar-refractivity contribution is 5.97. The summed E-state index contributed by atoms with van der Waals surface area (Å²) in [5, 5.41) is 7.05. The molecule has 6 heteroatoms. The van der Waals surface area contributed by atoms with Gasteiger partial charge in [-0.05, 0) is 17.7 Å². The summed E-state index contributed by atoms with van der Waals surface area (Å²) < 4.78 is 0. The summed E-state index contributed by atoms with van der Waals surface area (Å²) in [6.45, 7) is 0.769. The Morgan fingerprint density at radius 1 is 1.05 bits per heavy atom. The normalized spacial score (nSPS) is 10.0. The van der Waals surface area contributed by atoms with Gasteiger partial charge in [0.05, 0.1) is 0 Å². The molecular weight excluding hydrogens is 309 g/mol. The number of rotatable bonds is 5. The lowest BCUT2D eigenvalue weighted by Crippen LogP contribution is -2.13. The average Bonchev–Trinajstić information content (AvgIpc) is 2.47. The number of hydrogen-bond donors (Lipinski definition) is 2. The number of nitrogens with two attached hydrogens (primary N) is 1. The van der Waals surface area contributed by atoms with E-state index in [1.807, 2.05) is 54.6 Å². The first-order chi connectivity index (χ1) is 9.29. The average molecular weight is 328 g/mol. The molecule has 2 aromatic rings. The van der Waals surface area contributed by atoms with Gasteiger partial charge in [0, 0.05) is 17.8 Å². The zero-order valence-electron chi connectivity index (χ0n) is 11.7. The maximum Gasteiger partial charge on any atom is 0.170 e. The molecule has 0 saturated heterocycles. The largest absolute Gasteiger partial charge is 0.397 e. The van der Waals surface area contributed by atoms with Crippen molar-refractivity contribution in [1.82, 2.24) is 0 Å². The molecule has 114 valence electrons. The second-order valence-electron chi connectivity index (χ2n) is 4.08. The van der Waals surface area contributed by atoms with Crippen molar-refractivity contribution in [2.75, 3.05) is 12.4 Å². The molecule has 0 atom stereocenters. The molecule has 0 aliphatic carbocycles. The lowest BCUT2D eigenvalue weighted by molar-refractivity contribution is 0.213. The zero-order valence-corrected chi connectivity index (χ0v) is 13.3. The summed E-state index contributed by atoms with van der Waals surface area (Å²) in [5.74, 6) is 0.380. The van der Waals surface area contributed by atoms with E-state index in [-0.39, 0.29) is 24.8 Å². The van der Waals surface area contributed by atoms with Crippen LogP contribution in [0.1, 0.15) is 11.1 Å². The molecule has 0 amide bonds. The van der Waals surface area contributed by atoms with E-state index < -0.39 is 0 Å². The Bertz CT molecular complexity index is 545. The highest BCUT2D eigenvalue weighted by atomic mass is 35.5. The molecule has 0 aromatic heterocycles. The van der Waals surface area contributed by atoms with Crippen molar-refractivity contribution >= 4 is 36.3 Å². The van der Waals surface area contributed by atoms with Gasteiger partial charge in [-0.2, -0.15) is 0 Å². The number of para-hydroxylation sites is 1. The van der Waals surface area contributed by atoms with Crippen LogP contribution in [0.2, 0.25) is 0 Å². The number of anilines is 1.